The summed E-state index contributed by atoms with van der Waals surface area (Å²) in [5.74, 6) is 0.851. The highest BCUT2D eigenvalue weighted by Gasteiger charge is 2.36. The molecule has 0 bridgehead atoms. The first-order valence-corrected chi connectivity index (χ1v) is 6.92. The van der Waals surface area contributed by atoms with E-state index in [1.807, 2.05) is 0 Å². The summed E-state index contributed by atoms with van der Waals surface area (Å²) in [5.41, 5.74) is 0. The topological polar surface area (TPSA) is 44.4 Å². The fourth-order valence-electron chi connectivity index (χ4n) is 3.29. The van der Waals surface area contributed by atoms with Gasteiger partial charge in [0.25, 0.3) is 0 Å². The highest BCUT2D eigenvalue weighted by molar-refractivity contribution is 5.81. The number of rotatable bonds is 2. The van der Waals surface area contributed by atoms with E-state index in [-0.39, 0.29) is 11.9 Å². The van der Waals surface area contributed by atoms with Gasteiger partial charge >= 0.3 is 0 Å². The van der Waals surface area contributed by atoms with Crippen molar-refractivity contribution in [2.24, 2.45) is 5.92 Å². The van der Waals surface area contributed by atoms with Gasteiger partial charge < -0.3 is 10.6 Å². The normalized spacial score (nSPS) is 35.5. The van der Waals surface area contributed by atoms with Crippen molar-refractivity contribution in [2.75, 3.05) is 26.7 Å². The predicted octanol–water partition coefficient (Wildman–Crippen LogP) is 0.585. The Bertz CT molecular complexity index is 269. The van der Waals surface area contributed by atoms with Gasteiger partial charge in [-0.3, -0.25) is 9.69 Å². The van der Waals surface area contributed by atoms with Crippen LogP contribution in [0.3, 0.4) is 0 Å². The average Bonchev–Trinajstić information content (AvgIpc) is 2.38. The molecule has 2 heterocycles. The summed E-state index contributed by atoms with van der Waals surface area (Å²) in [6.45, 7) is 5.56. The van der Waals surface area contributed by atoms with Gasteiger partial charge in [0, 0.05) is 13.1 Å². The summed E-state index contributed by atoms with van der Waals surface area (Å²) < 4.78 is 0. The van der Waals surface area contributed by atoms with Crippen molar-refractivity contribution in [3.63, 3.8) is 0 Å². The van der Waals surface area contributed by atoms with Crippen LogP contribution in [-0.4, -0.2) is 49.6 Å². The van der Waals surface area contributed by atoms with Crippen LogP contribution in [0.4, 0.5) is 0 Å². The number of likely N-dealkylation sites (N-methyl/N-ethyl adjacent to an activating group) is 1. The highest BCUT2D eigenvalue weighted by Crippen LogP contribution is 2.26. The monoisotopic (exact) mass is 239 g/mol. The van der Waals surface area contributed by atoms with Crippen molar-refractivity contribution in [3.8, 4) is 0 Å². The Morgan fingerprint density at radius 1 is 1.35 bits per heavy atom. The van der Waals surface area contributed by atoms with Crippen molar-refractivity contribution < 1.29 is 4.79 Å². The SMILES string of the molecule is CNC(=O)C1CCCCN1C1CCNCC1C. The first-order valence-electron chi connectivity index (χ1n) is 6.92. The number of hydrogen-bond acceptors (Lipinski definition) is 3. The van der Waals surface area contributed by atoms with Crippen LogP contribution in [0.5, 0.6) is 0 Å². The summed E-state index contributed by atoms with van der Waals surface area (Å²) in [6, 6.07) is 0.693. The zero-order valence-electron chi connectivity index (χ0n) is 11.0. The van der Waals surface area contributed by atoms with E-state index in [0.717, 1.165) is 26.1 Å². The maximum absolute atomic E-state index is 12.0. The van der Waals surface area contributed by atoms with Gasteiger partial charge in [0.1, 0.15) is 0 Å². The van der Waals surface area contributed by atoms with E-state index in [1.54, 1.807) is 7.05 Å². The number of piperidine rings is 2. The van der Waals surface area contributed by atoms with Gasteiger partial charge in [-0.15, -0.1) is 0 Å². The molecule has 2 fully saturated rings. The van der Waals surface area contributed by atoms with E-state index in [2.05, 4.69) is 22.5 Å². The van der Waals surface area contributed by atoms with Crippen LogP contribution in [0.2, 0.25) is 0 Å². The van der Waals surface area contributed by atoms with Gasteiger partial charge in [0.05, 0.1) is 6.04 Å². The second kappa shape index (κ2) is 5.83. The standard InChI is InChI=1S/C13H25N3O/c1-10-9-15-7-6-11(10)16-8-4-3-5-12(16)13(17)14-2/h10-12,15H,3-9H2,1-2H3,(H,14,17). The molecule has 0 saturated carbocycles. The predicted molar refractivity (Wildman–Crippen MR) is 68.9 cm³/mol. The van der Waals surface area contributed by atoms with Crippen molar-refractivity contribution in [3.05, 3.63) is 0 Å². The van der Waals surface area contributed by atoms with Crippen LogP contribution in [-0.2, 0) is 4.79 Å². The molecule has 0 aromatic heterocycles. The van der Waals surface area contributed by atoms with Gasteiger partial charge in [-0.1, -0.05) is 13.3 Å². The number of carbonyl (C=O) groups is 1. The van der Waals surface area contributed by atoms with E-state index in [9.17, 15) is 4.79 Å². The molecule has 0 aliphatic carbocycles. The molecular formula is C13H25N3O. The van der Waals surface area contributed by atoms with E-state index < -0.39 is 0 Å². The number of likely N-dealkylation sites (tertiary alicyclic amines) is 1. The van der Waals surface area contributed by atoms with Crippen LogP contribution in [0.15, 0.2) is 0 Å². The molecule has 0 aromatic carbocycles. The first-order chi connectivity index (χ1) is 8.24. The minimum atomic E-state index is 0.110. The largest absolute Gasteiger partial charge is 0.358 e. The molecule has 98 valence electrons. The summed E-state index contributed by atoms with van der Waals surface area (Å²) in [7, 11) is 1.75. The molecule has 4 nitrogen and oxygen atoms in total. The molecule has 0 aromatic rings. The lowest BCUT2D eigenvalue weighted by atomic mass is 9.89. The lowest BCUT2D eigenvalue weighted by molar-refractivity contribution is -0.129. The van der Waals surface area contributed by atoms with Crippen molar-refractivity contribution in [1.82, 2.24) is 15.5 Å². The second-order valence-corrected chi connectivity index (χ2v) is 5.40. The van der Waals surface area contributed by atoms with Crippen molar-refractivity contribution in [1.29, 1.82) is 0 Å². The van der Waals surface area contributed by atoms with E-state index >= 15 is 0 Å². The Labute approximate surface area is 104 Å². The van der Waals surface area contributed by atoms with Gasteiger partial charge in [0.2, 0.25) is 5.91 Å². The van der Waals surface area contributed by atoms with E-state index in [1.165, 1.54) is 19.3 Å². The molecular weight excluding hydrogens is 214 g/mol. The lowest BCUT2D eigenvalue weighted by Crippen LogP contribution is -2.57. The smallest absolute Gasteiger partial charge is 0.237 e. The first kappa shape index (κ1) is 12.8. The molecule has 17 heavy (non-hydrogen) atoms. The molecule has 0 spiro atoms. The fourth-order valence-corrected chi connectivity index (χ4v) is 3.29. The third-order valence-electron chi connectivity index (χ3n) is 4.26. The van der Waals surface area contributed by atoms with Gasteiger partial charge in [0.15, 0.2) is 0 Å². The Kier molecular flexibility index (Phi) is 4.40. The van der Waals surface area contributed by atoms with Crippen LogP contribution in [0.25, 0.3) is 0 Å². The molecule has 0 radical (unpaired) electrons. The molecule has 2 N–H and O–H groups in total. The van der Waals surface area contributed by atoms with Crippen LogP contribution in [0, 0.1) is 5.92 Å². The summed E-state index contributed by atoms with van der Waals surface area (Å²) >= 11 is 0. The van der Waals surface area contributed by atoms with Crippen LogP contribution < -0.4 is 10.6 Å². The van der Waals surface area contributed by atoms with E-state index in [0.29, 0.717) is 12.0 Å². The molecule has 3 atom stereocenters. The number of hydrogen-bond donors (Lipinski definition) is 2. The third-order valence-corrected chi connectivity index (χ3v) is 4.26. The third kappa shape index (κ3) is 2.80. The average molecular weight is 239 g/mol. The maximum Gasteiger partial charge on any atom is 0.237 e. The molecule has 2 saturated heterocycles. The lowest BCUT2D eigenvalue weighted by Gasteiger charge is -2.44. The molecule has 4 heteroatoms. The highest BCUT2D eigenvalue weighted by atomic mass is 16.2. The Balaban J connectivity index is 2.06. The van der Waals surface area contributed by atoms with Crippen molar-refractivity contribution in [2.45, 2.75) is 44.7 Å². The van der Waals surface area contributed by atoms with E-state index in [4.69, 9.17) is 0 Å². The Morgan fingerprint density at radius 3 is 2.88 bits per heavy atom. The summed E-state index contributed by atoms with van der Waals surface area (Å²) in [4.78, 5) is 14.4. The van der Waals surface area contributed by atoms with Gasteiger partial charge in [-0.25, -0.2) is 0 Å². The fraction of sp³-hybridized carbons (Fsp3) is 0.923. The molecule has 2 aliphatic rings. The van der Waals surface area contributed by atoms with Gasteiger partial charge in [-0.05, 0) is 44.8 Å². The number of amides is 1. The zero-order valence-corrected chi connectivity index (χ0v) is 11.0. The Hall–Kier alpha value is -0.610. The zero-order chi connectivity index (χ0) is 12.3. The minimum Gasteiger partial charge on any atom is -0.358 e. The quantitative estimate of drug-likeness (QED) is 0.741. The number of carbonyl (C=O) groups excluding carboxylic acids is 1. The summed E-state index contributed by atoms with van der Waals surface area (Å²) in [6.07, 6.45) is 4.63. The van der Waals surface area contributed by atoms with Crippen LogP contribution in [0.1, 0.15) is 32.6 Å². The molecule has 2 aliphatic heterocycles. The number of nitrogens with one attached hydrogen (secondary N) is 2. The minimum absolute atomic E-state index is 0.110. The summed E-state index contributed by atoms with van der Waals surface area (Å²) in [5, 5.41) is 6.26. The van der Waals surface area contributed by atoms with Crippen LogP contribution >= 0.6 is 0 Å². The molecule has 3 unspecified atom stereocenters. The maximum atomic E-state index is 12.0. The molecule has 2 rings (SSSR count). The van der Waals surface area contributed by atoms with Gasteiger partial charge in [-0.2, -0.15) is 0 Å². The second-order valence-electron chi connectivity index (χ2n) is 5.40. The Morgan fingerprint density at radius 2 is 2.18 bits per heavy atom. The van der Waals surface area contributed by atoms with Crippen molar-refractivity contribution >= 4 is 5.91 Å². The molecule has 1 amide bonds. The number of nitrogens with zero attached hydrogens (tertiary/aromatic N) is 1.